The van der Waals surface area contributed by atoms with Gasteiger partial charge in [0.15, 0.2) is 28.7 Å². The maximum Gasteiger partial charge on any atom is 0.697 e. The van der Waals surface area contributed by atoms with E-state index >= 15 is 0 Å². The maximum atomic E-state index is 12.0. The molecule has 4 heterocycles. The molecule has 2 aromatic heterocycles. The fourth-order valence-corrected chi connectivity index (χ4v) is 4.17. The first-order valence-electron chi connectivity index (χ1n) is 6.91. The second-order valence-corrected chi connectivity index (χ2v) is 6.93. The first kappa shape index (κ1) is 15.9. The number of H-pyrrole nitrogens is 1. The van der Waals surface area contributed by atoms with Gasteiger partial charge in [0.2, 0.25) is 5.95 Å². The molecule has 4 N–H and O–H groups in total. The van der Waals surface area contributed by atoms with Gasteiger partial charge in [0.05, 0.1) is 0 Å². The van der Waals surface area contributed by atoms with Gasteiger partial charge in [-0.25, -0.2) is 4.98 Å². The lowest BCUT2D eigenvalue weighted by atomic mass is 10.1. The van der Waals surface area contributed by atoms with E-state index < -0.39 is 38.4 Å². The Kier molecular flexibility index (Phi) is 3.82. The fourth-order valence-electron chi connectivity index (χ4n) is 2.82. The number of aliphatic hydroxyl groups excluding tert-OH is 1. The molecule has 11 nitrogen and oxygen atoms in total. The van der Waals surface area contributed by atoms with Crippen molar-refractivity contribution in [3.63, 3.8) is 0 Å². The molecule has 5 atom stereocenters. The summed E-state index contributed by atoms with van der Waals surface area (Å²) in [6, 6.07) is 0. The Morgan fingerprint density at radius 3 is 3.04 bits per heavy atom. The summed E-state index contributed by atoms with van der Waals surface area (Å²) >= 11 is 1.26. The molecule has 0 bridgehead atoms. The first-order valence-corrected chi connectivity index (χ1v) is 9.24. The number of hydrogen-bond donors (Lipinski definition) is 3. The van der Waals surface area contributed by atoms with Crippen LogP contribution in [0.3, 0.4) is 0 Å². The Morgan fingerprint density at radius 2 is 2.29 bits per heavy atom. The van der Waals surface area contributed by atoms with E-state index in [4.69, 9.17) is 19.5 Å². The molecule has 2 aromatic rings. The minimum atomic E-state index is -2.29. The van der Waals surface area contributed by atoms with Crippen LogP contribution in [0.15, 0.2) is 9.95 Å². The molecular formula is C11H13N5O6PS+. The molecule has 24 heavy (non-hydrogen) atoms. The van der Waals surface area contributed by atoms with Crippen LogP contribution in [-0.2, 0) is 18.3 Å². The molecule has 0 aliphatic carbocycles. The van der Waals surface area contributed by atoms with E-state index in [-0.39, 0.29) is 23.7 Å². The molecular weight excluding hydrogens is 361 g/mol. The molecule has 3 unspecified atom stereocenters. The summed E-state index contributed by atoms with van der Waals surface area (Å²) in [6.45, 7) is 0.0326. The predicted octanol–water partition coefficient (Wildman–Crippen LogP) is -0.245. The van der Waals surface area contributed by atoms with E-state index in [1.54, 1.807) is 6.26 Å². The van der Waals surface area contributed by atoms with Crippen molar-refractivity contribution in [2.24, 2.45) is 0 Å². The summed E-state index contributed by atoms with van der Waals surface area (Å²) in [7, 11) is -2.29. The van der Waals surface area contributed by atoms with Crippen LogP contribution in [0, 0.1) is 0 Å². The van der Waals surface area contributed by atoms with Crippen LogP contribution in [0.1, 0.15) is 6.23 Å². The number of nitrogens with two attached hydrogens (primary N) is 1. The van der Waals surface area contributed by atoms with Crippen LogP contribution in [-0.4, -0.2) is 55.8 Å². The van der Waals surface area contributed by atoms with Gasteiger partial charge in [0, 0.05) is 4.57 Å². The van der Waals surface area contributed by atoms with Crippen molar-refractivity contribution in [2.75, 3.05) is 18.6 Å². The number of rotatable bonds is 2. The van der Waals surface area contributed by atoms with Crippen LogP contribution in [0.5, 0.6) is 0 Å². The van der Waals surface area contributed by atoms with Crippen LogP contribution in [0.2, 0.25) is 0 Å². The monoisotopic (exact) mass is 374 g/mol. The highest BCUT2D eigenvalue weighted by atomic mass is 32.2. The zero-order valence-corrected chi connectivity index (χ0v) is 14.0. The van der Waals surface area contributed by atoms with E-state index in [1.807, 2.05) is 0 Å². The van der Waals surface area contributed by atoms with Crippen molar-refractivity contribution in [1.82, 2.24) is 19.5 Å². The van der Waals surface area contributed by atoms with Crippen LogP contribution in [0.4, 0.5) is 5.95 Å². The summed E-state index contributed by atoms with van der Waals surface area (Å²) in [5, 5.41) is 11.0. The minimum Gasteiger partial charge on any atom is -0.385 e. The average Bonchev–Trinajstić information content (AvgIpc) is 3.05. The normalized spacial score (nSPS) is 31.5. The number of anilines is 1. The largest absolute Gasteiger partial charge is 0.697 e. The van der Waals surface area contributed by atoms with Gasteiger partial charge in [-0.2, -0.15) is 4.98 Å². The van der Waals surface area contributed by atoms with Gasteiger partial charge < -0.3 is 15.6 Å². The molecule has 0 amide bonds. The van der Waals surface area contributed by atoms with Crippen molar-refractivity contribution in [2.45, 2.75) is 29.7 Å². The predicted molar refractivity (Wildman–Crippen MR) is 82.7 cm³/mol. The van der Waals surface area contributed by atoms with Crippen LogP contribution >= 0.6 is 20.0 Å². The topological polar surface area (TPSA) is 155 Å². The average molecular weight is 374 g/mol. The lowest BCUT2D eigenvalue weighted by Gasteiger charge is -2.18. The number of ether oxygens (including phenoxy) is 1. The van der Waals surface area contributed by atoms with Crippen LogP contribution < -0.4 is 11.3 Å². The number of aromatic nitrogens is 4. The highest BCUT2D eigenvalue weighted by Crippen LogP contribution is 2.43. The van der Waals surface area contributed by atoms with E-state index in [9.17, 15) is 14.5 Å². The summed E-state index contributed by atoms with van der Waals surface area (Å²) in [5.41, 5.74) is 5.40. The van der Waals surface area contributed by atoms with E-state index in [1.165, 1.54) is 16.3 Å². The highest BCUT2D eigenvalue weighted by molar-refractivity contribution is 7.98. The number of imidazole rings is 1. The highest BCUT2D eigenvalue weighted by Gasteiger charge is 2.55. The van der Waals surface area contributed by atoms with Gasteiger partial charge in [-0.3, -0.25) is 14.3 Å². The molecule has 0 radical (unpaired) electrons. The molecule has 2 saturated heterocycles. The summed E-state index contributed by atoms with van der Waals surface area (Å²) in [5.74, 6) is -0.0751. The Bertz CT molecular complexity index is 886. The van der Waals surface area contributed by atoms with E-state index in [0.717, 1.165) is 0 Å². The second kappa shape index (κ2) is 5.76. The number of hydrogen-bond acceptors (Lipinski definition) is 10. The molecule has 0 saturated carbocycles. The number of fused-ring (bicyclic) bond motifs is 2. The molecule has 0 spiro atoms. The number of nitrogens with zero attached hydrogens (tertiary/aromatic N) is 3. The molecule has 0 aromatic carbocycles. The summed E-state index contributed by atoms with van der Waals surface area (Å²) < 4.78 is 28.7. The fraction of sp³-hybridized carbons (Fsp3) is 0.545. The molecule has 2 aliphatic rings. The Hall–Kier alpha value is -1.56. The van der Waals surface area contributed by atoms with Crippen molar-refractivity contribution in [3.05, 3.63) is 10.4 Å². The number of aliphatic hydroxyl groups is 1. The number of nitrogen functional groups attached to an aromatic ring is 1. The number of aromatic amines is 1. The zero-order chi connectivity index (χ0) is 17.0. The van der Waals surface area contributed by atoms with Gasteiger partial charge in [-0.1, -0.05) is 11.8 Å². The van der Waals surface area contributed by atoms with Gasteiger partial charge in [0.25, 0.3) is 5.56 Å². The summed E-state index contributed by atoms with van der Waals surface area (Å²) in [4.78, 5) is 22.7. The first-order chi connectivity index (χ1) is 11.5. The third-order valence-electron chi connectivity index (χ3n) is 3.84. The maximum absolute atomic E-state index is 12.0. The quantitative estimate of drug-likeness (QED) is 0.473. The molecule has 2 aliphatic heterocycles. The van der Waals surface area contributed by atoms with Crippen molar-refractivity contribution < 1.29 is 23.5 Å². The van der Waals surface area contributed by atoms with E-state index in [2.05, 4.69) is 15.0 Å². The van der Waals surface area contributed by atoms with E-state index in [0.29, 0.717) is 5.16 Å². The standard InChI is InChI=1S/C11H12N5O6PS/c1-24-11-13-4-7(14-10(12)15-8(4)18)16(11)9-5(17)6-3(21-9)2-20-23(19)22-6/h3,5-6,9,17H,2H2,1H3,(H2-,12,14,15,18)/p+1/t3?,5?,6-,9-/m1/s1. The SMILES string of the molecule is CSc1nc2c(=O)[nH]c(N)nc2n1[C@@H]1OC2CO[P+](=O)O[C@H]2C1O. The molecule has 2 fully saturated rings. The van der Waals surface area contributed by atoms with Gasteiger partial charge in [0.1, 0.15) is 18.8 Å². The lowest BCUT2D eigenvalue weighted by Crippen LogP contribution is -2.37. The lowest BCUT2D eigenvalue weighted by molar-refractivity contribution is -0.0583. The van der Waals surface area contributed by atoms with Gasteiger partial charge in [-0.15, -0.1) is 9.05 Å². The molecule has 128 valence electrons. The third-order valence-corrected chi connectivity index (χ3v) is 5.26. The molecule has 4 rings (SSSR count). The number of thioether (sulfide) groups is 1. The Balaban J connectivity index is 1.84. The summed E-state index contributed by atoms with van der Waals surface area (Å²) in [6.07, 6.45) is -1.70. The van der Waals surface area contributed by atoms with Crippen molar-refractivity contribution in [3.8, 4) is 0 Å². The number of nitrogens with one attached hydrogen (secondary N) is 1. The van der Waals surface area contributed by atoms with Gasteiger partial charge in [-0.05, 0) is 6.26 Å². The second-order valence-electron chi connectivity index (χ2n) is 5.24. The third kappa shape index (κ3) is 2.34. The minimum absolute atomic E-state index is 0.0326. The van der Waals surface area contributed by atoms with Gasteiger partial charge >= 0.3 is 8.25 Å². The van der Waals surface area contributed by atoms with Crippen LogP contribution in [0.25, 0.3) is 11.2 Å². The Morgan fingerprint density at radius 1 is 1.50 bits per heavy atom. The zero-order valence-electron chi connectivity index (χ0n) is 12.3. The van der Waals surface area contributed by atoms with Crippen molar-refractivity contribution in [1.29, 1.82) is 0 Å². The molecule has 13 heteroatoms. The smallest absolute Gasteiger partial charge is 0.385 e. The van der Waals surface area contributed by atoms with Crippen molar-refractivity contribution >= 4 is 37.1 Å². The Labute approximate surface area is 139 Å².